The second kappa shape index (κ2) is 5.99. The van der Waals surface area contributed by atoms with E-state index in [0.29, 0.717) is 16.9 Å². The second-order valence-electron chi connectivity index (χ2n) is 6.19. The predicted molar refractivity (Wildman–Crippen MR) is 98.1 cm³/mol. The van der Waals surface area contributed by atoms with Gasteiger partial charge >= 0.3 is 5.69 Å². The average molecular weight is 353 g/mol. The van der Waals surface area contributed by atoms with Crippen molar-refractivity contribution >= 4 is 16.9 Å². The minimum atomic E-state index is -0.400. The fourth-order valence-corrected chi connectivity index (χ4v) is 3.29. The van der Waals surface area contributed by atoms with Gasteiger partial charge in [-0.05, 0) is 19.1 Å². The Hall–Kier alpha value is -3.13. The fraction of sp³-hybridized carbons (Fsp3) is 0.278. The molecule has 4 aromatic rings. The number of fused-ring (bicyclic) bond motifs is 3. The summed E-state index contributed by atoms with van der Waals surface area (Å²) in [5.74, 6) is 0.597. The Morgan fingerprint density at radius 1 is 1.15 bits per heavy atom. The van der Waals surface area contributed by atoms with E-state index in [-0.39, 0.29) is 18.7 Å². The number of hydrogen-bond donors (Lipinski definition) is 0. The molecule has 0 bridgehead atoms. The Labute approximate surface area is 148 Å². The maximum Gasteiger partial charge on any atom is 0.332 e. The van der Waals surface area contributed by atoms with Crippen LogP contribution in [0, 0.1) is 6.92 Å². The van der Waals surface area contributed by atoms with Crippen LogP contribution in [0.3, 0.4) is 0 Å². The van der Waals surface area contributed by atoms with Gasteiger partial charge in [-0.25, -0.2) is 4.79 Å². The molecule has 0 fully saturated rings. The summed E-state index contributed by atoms with van der Waals surface area (Å²) < 4.78 is 11.3. The number of aromatic nitrogens is 5. The normalized spacial score (nSPS) is 11.7. The molecule has 0 aliphatic carbocycles. The van der Waals surface area contributed by atoms with E-state index in [2.05, 4.69) is 4.98 Å². The number of aryl methyl sites for hydroxylation is 2. The van der Waals surface area contributed by atoms with Crippen LogP contribution in [0.15, 0.2) is 46.1 Å². The molecule has 8 heteroatoms. The number of ether oxygens (including phenoxy) is 1. The van der Waals surface area contributed by atoms with Gasteiger partial charge in [-0.3, -0.25) is 22.9 Å². The predicted octanol–water partition coefficient (Wildman–Crippen LogP) is 1.09. The van der Waals surface area contributed by atoms with Gasteiger partial charge in [0.15, 0.2) is 11.2 Å². The van der Waals surface area contributed by atoms with Crippen LogP contribution in [0.25, 0.3) is 22.6 Å². The molecule has 134 valence electrons. The van der Waals surface area contributed by atoms with Crippen LogP contribution < -0.4 is 11.2 Å². The van der Waals surface area contributed by atoms with E-state index in [0.717, 1.165) is 11.4 Å². The van der Waals surface area contributed by atoms with Crippen molar-refractivity contribution < 1.29 is 4.74 Å². The minimum absolute atomic E-state index is 0.198. The summed E-state index contributed by atoms with van der Waals surface area (Å²) in [6.07, 6.45) is 1.87. The molecule has 3 heterocycles. The molecule has 0 saturated carbocycles. The maximum atomic E-state index is 13.0. The average Bonchev–Trinajstić information content (AvgIpc) is 3.15. The Morgan fingerprint density at radius 3 is 2.58 bits per heavy atom. The van der Waals surface area contributed by atoms with Gasteiger partial charge in [-0.2, -0.15) is 4.98 Å². The SMILES string of the molecule is COCCn1c(=O)c2c(nc3n(-c4ccccc4)c(C)cn23)n(C)c1=O. The first kappa shape index (κ1) is 16.3. The molecule has 0 saturated heterocycles. The summed E-state index contributed by atoms with van der Waals surface area (Å²) in [7, 11) is 3.16. The first-order valence-corrected chi connectivity index (χ1v) is 8.29. The van der Waals surface area contributed by atoms with Crippen molar-refractivity contribution in [1.29, 1.82) is 0 Å². The van der Waals surface area contributed by atoms with Crippen molar-refractivity contribution in [1.82, 2.24) is 23.1 Å². The first-order chi connectivity index (χ1) is 12.5. The number of imidazole rings is 2. The highest BCUT2D eigenvalue weighted by Crippen LogP contribution is 2.20. The van der Waals surface area contributed by atoms with Crippen LogP contribution in [-0.2, 0) is 18.3 Å². The maximum absolute atomic E-state index is 13.0. The van der Waals surface area contributed by atoms with Crippen molar-refractivity contribution in [2.45, 2.75) is 13.5 Å². The van der Waals surface area contributed by atoms with Crippen LogP contribution >= 0.6 is 0 Å². The smallest absolute Gasteiger partial charge is 0.332 e. The molecular weight excluding hydrogens is 334 g/mol. The van der Waals surface area contributed by atoms with Gasteiger partial charge < -0.3 is 4.74 Å². The number of para-hydroxylation sites is 1. The van der Waals surface area contributed by atoms with Crippen molar-refractivity contribution in [2.75, 3.05) is 13.7 Å². The highest BCUT2D eigenvalue weighted by Gasteiger charge is 2.20. The summed E-state index contributed by atoms with van der Waals surface area (Å²) in [6, 6.07) is 9.78. The molecule has 8 nitrogen and oxygen atoms in total. The number of methoxy groups -OCH3 is 1. The Bertz CT molecular complexity index is 1230. The third kappa shape index (κ3) is 2.22. The lowest BCUT2D eigenvalue weighted by atomic mass is 10.3. The molecule has 1 aromatic carbocycles. The number of rotatable bonds is 4. The van der Waals surface area contributed by atoms with Crippen LogP contribution in [0.1, 0.15) is 5.69 Å². The minimum Gasteiger partial charge on any atom is -0.383 e. The van der Waals surface area contributed by atoms with Gasteiger partial charge in [0.1, 0.15) is 0 Å². The first-order valence-electron chi connectivity index (χ1n) is 8.29. The molecule has 4 rings (SSSR count). The van der Waals surface area contributed by atoms with Gasteiger partial charge in [0.25, 0.3) is 5.56 Å². The standard InChI is InChI=1S/C18H19N5O3/c1-12-11-22-14-15(19-17(22)23(12)13-7-5-4-6-8-13)20(2)18(25)21(16(14)24)9-10-26-3/h4-8,11H,9-10H2,1-3H3. The van der Waals surface area contributed by atoms with E-state index < -0.39 is 5.69 Å². The zero-order valence-electron chi connectivity index (χ0n) is 14.8. The molecule has 0 atom stereocenters. The molecule has 3 aromatic heterocycles. The van der Waals surface area contributed by atoms with Gasteiger partial charge in [-0.15, -0.1) is 0 Å². The van der Waals surface area contributed by atoms with E-state index in [1.807, 2.05) is 48.0 Å². The summed E-state index contributed by atoms with van der Waals surface area (Å²) in [5, 5.41) is 0. The van der Waals surface area contributed by atoms with Crippen LogP contribution in [0.4, 0.5) is 0 Å². The van der Waals surface area contributed by atoms with E-state index in [1.54, 1.807) is 11.4 Å². The Morgan fingerprint density at radius 2 is 1.88 bits per heavy atom. The van der Waals surface area contributed by atoms with E-state index >= 15 is 0 Å². The van der Waals surface area contributed by atoms with E-state index in [1.165, 1.54) is 16.2 Å². The number of nitrogens with zero attached hydrogens (tertiary/aromatic N) is 5. The monoisotopic (exact) mass is 353 g/mol. The molecule has 0 radical (unpaired) electrons. The third-order valence-electron chi connectivity index (χ3n) is 4.56. The van der Waals surface area contributed by atoms with Gasteiger partial charge in [-0.1, -0.05) is 18.2 Å². The van der Waals surface area contributed by atoms with Crippen molar-refractivity contribution in [2.24, 2.45) is 7.05 Å². The summed E-state index contributed by atoms with van der Waals surface area (Å²) >= 11 is 0. The van der Waals surface area contributed by atoms with Gasteiger partial charge in [0.2, 0.25) is 5.78 Å². The highest BCUT2D eigenvalue weighted by molar-refractivity contribution is 5.76. The Kier molecular flexibility index (Phi) is 3.77. The van der Waals surface area contributed by atoms with Gasteiger partial charge in [0.05, 0.1) is 13.2 Å². The van der Waals surface area contributed by atoms with Crippen LogP contribution in [0.2, 0.25) is 0 Å². The molecular formula is C18H19N5O3. The van der Waals surface area contributed by atoms with E-state index in [9.17, 15) is 9.59 Å². The zero-order valence-corrected chi connectivity index (χ0v) is 14.8. The molecule has 26 heavy (non-hydrogen) atoms. The second-order valence-corrected chi connectivity index (χ2v) is 6.19. The molecule has 0 unspecified atom stereocenters. The fourth-order valence-electron chi connectivity index (χ4n) is 3.29. The quantitative estimate of drug-likeness (QED) is 0.550. The molecule has 0 spiro atoms. The lowest BCUT2D eigenvalue weighted by molar-refractivity contribution is 0.184. The number of hydrogen-bond acceptors (Lipinski definition) is 4. The summed E-state index contributed by atoms with van der Waals surface area (Å²) in [4.78, 5) is 30.1. The summed E-state index contributed by atoms with van der Waals surface area (Å²) in [6.45, 7) is 2.44. The van der Waals surface area contributed by atoms with Crippen molar-refractivity contribution in [3.05, 3.63) is 63.1 Å². The molecule has 0 aliphatic heterocycles. The van der Waals surface area contributed by atoms with E-state index in [4.69, 9.17) is 4.74 Å². The van der Waals surface area contributed by atoms with Crippen molar-refractivity contribution in [3.63, 3.8) is 0 Å². The van der Waals surface area contributed by atoms with Crippen molar-refractivity contribution in [3.8, 4) is 5.69 Å². The van der Waals surface area contributed by atoms with Gasteiger partial charge in [0, 0.05) is 31.7 Å². The third-order valence-corrected chi connectivity index (χ3v) is 4.56. The van der Waals surface area contributed by atoms with Crippen LogP contribution in [0.5, 0.6) is 0 Å². The van der Waals surface area contributed by atoms with Crippen LogP contribution in [-0.4, -0.2) is 36.8 Å². The zero-order chi connectivity index (χ0) is 18.4. The Balaban J connectivity index is 2.10. The number of benzene rings is 1. The molecule has 0 amide bonds. The largest absolute Gasteiger partial charge is 0.383 e. The topological polar surface area (TPSA) is 75.5 Å². The lowest BCUT2D eigenvalue weighted by Gasteiger charge is -2.07. The highest BCUT2D eigenvalue weighted by atomic mass is 16.5. The lowest BCUT2D eigenvalue weighted by Crippen LogP contribution is -2.40. The molecule has 0 aliphatic rings. The molecule has 0 N–H and O–H groups in total. The summed E-state index contributed by atoms with van der Waals surface area (Å²) in [5.41, 5.74) is 1.88.